The van der Waals surface area contributed by atoms with Crippen molar-refractivity contribution in [2.45, 2.75) is 25.5 Å². The topological polar surface area (TPSA) is 54.9 Å². The van der Waals surface area contributed by atoms with Gasteiger partial charge < -0.3 is 14.4 Å². The zero-order valence-electron chi connectivity index (χ0n) is 13.9. The first-order valence-electron chi connectivity index (χ1n) is 8.26. The number of pyridine rings is 1. The Morgan fingerprint density at radius 1 is 1.48 bits per heavy atom. The van der Waals surface area contributed by atoms with Crippen molar-refractivity contribution in [3.8, 4) is 0 Å². The highest BCUT2D eigenvalue weighted by Crippen LogP contribution is 2.24. The number of nitrogens with zero attached hydrogens (tertiary/aromatic N) is 3. The second-order valence-corrected chi connectivity index (χ2v) is 6.24. The summed E-state index contributed by atoms with van der Waals surface area (Å²) in [5.74, 6) is 0.0120. The number of hydrogen-bond donors (Lipinski definition) is 0. The van der Waals surface area contributed by atoms with Crippen LogP contribution in [0, 0.1) is 6.92 Å². The summed E-state index contributed by atoms with van der Waals surface area (Å²) in [6.07, 6.45) is 2.79. The molecule has 1 aromatic rings. The molecule has 0 spiro atoms. The number of methoxy groups -OCH3 is 1. The van der Waals surface area contributed by atoms with Crippen LogP contribution >= 0.6 is 0 Å². The lowest BCUT2D eigenvalue weighted by Gasteiger charge is -2.36. The van der Waals surface area contributed by atoms with E-state index in [1.807, 2.05) is 24.0 Å². The van der Waals surface area contributed by atoms with E-state index in [1.54, 1.807) is 13.3 Å². The summed E-state index contributed by atoms with van der Waals surface area (Å²) >= 11 is 0. The maximum absolute atomic E-state index is 12.7. The smallest absolute Gasteiger partial charge is 0.272 e. The molecular formula is C17H25N3O3. The van der Waals surface area contributed by atoms with Gasteiger partial charge >= 0.3 is 0 Å². The zero-order valence-corrected chi connectivity index (χ0v) is 13.9. The van der Waals surface area contributed by atoms with Crippen LogP contribution in [0.15, 0.2) is 18.3 Å². The van der Waals surface area contributed by atoms with Crippen molar-refractivity contribution in [2.24, 2.45) is 0 Å². The fourth-order valence-corrected chi connectivity index (χ4v) is 3.47. The predicted molar refractivity (Wildman–Crippen MR) is 86.5 cm³/mol. The molecule has 0 aromatic carbocycles. The van der Waals surface area contributed by atoms with Crippen LogP contribution in [-0.4, -0.2) is 79.3 Å². The van der Waals surface area contributed by atoms with Gasteiger partial charge in [-0.25, -0.2) is 0 Å². The minimum Gasteiger partial charge on any atom is -0.385 e. The Balaban J connectivity index is 1.66. The predicted octanol–water partition coefficient (Wildman–Crippen LogP) is 0.952. The maximum Gasteiger partial charge on any atom is 0.272 e. The van der Waals surface area contributed by atoms with Crippen LogP contribution in [0.25, 0.3) is 0 Å². The quantitative estimate of drug-likeness (QED) is 0.757. The zero-order chi connectivity index (χ0) is 16.2. The summed E-state index contributed by atoms with van der Waals surface area (Å²) in [4.78, 5) is 21.3. The van der Waals surface area contributed by atoms with Gasteiger partial charge in [-0.05, 0) is 25.0 Å². The Labute approximate surface area is 137 Å². The van der Waals surface area contributed by atoms with Crippen molar-refractivity contribution in [1.82, 2.24) is 14.8 Å². The van der Waals surface area contributed by atoms with Crippen LogP contribution in [0.5, 0.6) is 0 Å². The van der Waals surface area contributed by atoms with Crippen molar-refractivity contribution in [3.63, 3.8) is 0 Å². The van der Waals surface area contributed by atoms with Crippen molar-refractivity contribution < 1.29 is 14.3 Å². The molecule has 0 radical (unpaired) electrons. The molecule has 2 saturated heterocycles. The Morgan fingerprint density at radius 3 is 3.13 bits per heavy atom. The van der Waals surface area contributed by atoms with Gasteiger partial charge in [0.05, 0.1) is 18.8 Å². The summed E-state index contributed by atoms with van der Waals surface area (Å²) < 4.78 is 11.0. The van der Waals surface area contributed by atoms with Gasteiger partial charge in [0, 0.05) is 46.1 Å². The monoisotopic (exact) mass is 319 g/mol. The van der Waals surface area contributed by atoms with Gasteiger partial charge in [0.1, 0.15) is 5.69 Å². The number of morpholine rings is 1. The second kappa shape index (κ2) is 7.38. The van der Waals surface area contributed by atoms with Gasteiger partial charge in [0.15, 0.2) is 0 Å². The van der Waals surface area contributed by atoms with Crippen LogP contribution in [0.2, 0.25) is 0 Å². The third kappa shape index (κ3) is 3.54. The highest BCUT2D eigenvalue weighted by molar-refractivity contribution is 5.93. The minimum absolute atomic E-state index is 0.0120. The highest BCUT2D eigenvalue weighted by atomic mass is 16.5. The third-order valence-electron chi connectivity index (χ3n) is 4.71. The van der Waals surface area contributed by atoms with Gasteiger partial charge in [-0.3, -0.25) is 14.7 Å². The summed E-state index contributed by atoms with van der Waals surface area (Å²) in [5.41, 5.74) is 1.47. The van der Waals surface area contributed by atoms with E-state index in [0.717, 1.165) is 38.3 Å². The van der Waals surface area contributed by atoms with Gasteiger partial charge in [-0.15, -0.1) is 0 Å². The summed E-state index contributed by atoms with van der Waals surface area (Å²) in [7, 11) is 1.73. The van der Waals surface area contributed by atoms with E-state index in [4.69, 9.17) is 9.47 Å². The lowest BCUT2D eigenvalue weighted by atomic mass is 10.1. The Morgan fingerprint density at radius 2 is 2.35 bits per heavy atom. The van der Waals surface area contributed by atoms with Crippen molar-refractivity contribution in [2.75, 3.05) is 46.5 Å². The van der Waals surface area contributed by atoms with Gasteiger partial charge in [-0.2, -0.15) is 0 Å². The normalized spacial score (nSPS) is 24.7. The second-order valence-electron chi connectivity index (χ2n) is 6.24. The van der Waals surface area contributed by atoms with Crippen molar-refractivity contribution in [3.05, 3.63) is 29.6 Å². The molecule has 2 aliphatic heterocycles. The number of carbonyl (C=O) groups excluding carboxylic acids is 1. The number of aromatic nitrogens is 1. The van der Waals surface area contributed by atoms with Crippen molar-refractivity contribution >= 4 is 5.91 Å². The first-order chi connectivity index (χ1) is 11.2. The first kappa shape index (κ1) is 16.4. The molecule has 0 bridgehead atoms. The largest absolute Gasteiger partial charge is 0.385 e. The van der Waals surface area contributed by atoms with E-state index in [9.17, 15) is 4.79 Å². The van der Waals surface area contributed by atoms with Crippen LogP contribution in [0.3, 0.4) is 0 Å². The van der Waals surface area contributed by atoms with Crippen LogP contribution in [-0.2, 0) is 9.47 Å². The molecule has 2 atom stereocenters. The average Bonchev–Trinajstić information content (AvgIpc) is 3.00. The molecule has 3 rings (SSSR count). The molecule has 0 saturated carbocycles. The first-order valence-corrected chi connectivity index (χ1v) is 8.26. The Bertz CT molecular complexity index is 552. The molecule has 0 N–H and O–H groups in total. The molecule has 23 heavy (non-hydrogen) atoms. The van der Waals surface area contributed by atoms with E-state index in [1.165, 1.54) is 0 Å². The van der Waals surface area contributed by atoms with Crippen molar-refractivity contribution in [1.29, 1.82) is 0 Å². The number of amides is 1. The van der Waals surface area contributed by atoms with E-state index in [0.29, 0.717) is 18.8 Å². The molecule has 126 valence electrons. The molecule has 6 nitrogen and oxygen atoms in total. The van der Waals surface area contributed by atoms with Gasteiger partial charge in [0.25, 0.3) is 5.91 Å². The molecule has 6 heteroatoms. The molecular weight excluding hydrogens is 294 g/mol. The molecule has 1 aromatic heterocycles. The maximum atomic E-state index is 12.7. The Hall–Kier alpha value is -1.50. The van der Waals surface area contributed by atoms with Crippen LogP contribution in [0.4, 0.5) is 0 Å². The number of hydrogen-bond acceptors (Lipinski definition) is 5. The minimum atomic E-state index is 0.0120. The number of likely N-dealkylation sites (tertiary alicyclic amines) is 1. The standard InChI is InChI=1S/C17H25N3O3/c1-13-5-3-6-18-16(13)17(21)20-11-14-15(12-20)23-10-8-19(14)7-4-9-22-2/h3,5-6,14-15H,4,7-12H2,1-2H3/t14-,15-/m0/s1. The summed E-state index contributed by atoms with van der Waals surface area (Å²) in [6.45, 7) is 6.71. The number of ether oxygens (including phenoxy) is 2. The van der Waals surface area contributed by atoms with Crippen LogP contribution in [0.1, 0.15) is 22.5 Å². The highest BCUT2D eigenvalue weighted by Gasteiger charge is 2.42. The number of rotatable bonds is 5. The molecule has 0 aliphatic carbocycles. The number of fused-ring (bicyclic) bond motifs is 1. The summed E-state index contributed by atoms with van der Waals surface area (Å²) in [6, 6.07) is 4.07. The van der Waals surface area contributed by atoms with Gasteiger partial charge in [-0.1, -0.05) is 6.07 Å². The molecule has 0 unspecified atom stereocenters. The van der Waals surface area contributed by atoms with E-state index in [-0.39, 0.29) is 18.1 Å². The fraction of sp³-hybridized carbons (Fsp3) is 0.647. The number of carbonyl (C=O) groups is 1. The lowest BCUT2D eigenvalue weighted by molar-refractivity contribution is -0.0487. The third-order valence-corrected chi connectivity index (χ3v) is 4.71. The SMILES string of the molecule is COCCCN1CCO[C@H]2CN(C(=O)c3ncccc3C)C[C@@H]21. The van der Waals surface area contributed by atoms with Crippen LogP contribution < -0.4 is 0 Å². The van der Waals surface area contributed by atoms with E-state index in [2.05, 4.69) is 9.88 Å². The van der Waals surface area contributed by atoms with E-state index < -0.39 is 0 Å². The van der Waals surface area contributed by atoms with Gasteiger partial charge in [0.2, 0.25) is 0 Å². The fourth-order valence-electron chi connectivity index (χ4n) is 3.47. The summed E-state index contributed by atoms with van der Waals surface area (Å²) in [5, 5.41) is 0. The average molecular weight is 319 g/mol. The Kier molecular flexibility index (Phi) is 5.25. The molecule has 2 aliphatic rings. The lowest BCUT2D eigenvalue weighted by Crippen LogP contribution is -2.51. The number of aryl methyl sites for hydroxylation is 1. The molecule has 3 heterocycles. The van der Waals surface area contributed by atoms with E-state index >= 15 is 0 Å². The molecule has 2 fully saturated rings. The molecule has 1 amide bonds.